The first-order valence-electron chi connectivity index (χ1n) is 6.48. The molecule has 1 fully saturated rings. The van der Waals surface area contributed by atoms with Gasteiger partial charge in [0.05, 0.1) is 11.5 Å². The normalized spacial score (nSPS) is 16.6. The average molecular weight is 346 g/mol. The van der Waals surface area contributed by atoms with Gasteiger partial charge in [0.1, 0.15) is 0 Å². The van der Waals surface area contributed by atoms with Crippen molar-refractivity contribution in [2.45, 2.75) is 6.54 Å². The number of β-amino-alcohol motifs (C(OH)–C–C–N with tert-alkyl or cyclic N) is 1. The largest absolute Gasteiger partial charge is 0.395 e. The molecule has 0 radical (unpaired) electrons. The molecule has 1 N–H and O–H groups in total. The molecule has 1 saturated heterocycles. The number of nitro benzene ring substituents is 1. The number of aliphatic hydroxyl groups excluding tert-OH is 1. The van der Waals surface area contributed by atoms with Crippen molar-refractivity contribution < 1.29 is 10.0 Å². The van der Waals surface area contributed by atoms with E-state index in [1.165, 1.54) is 0 Å². The summed E-state index contributed by atoms with van der Waals surface area (Å²) in [5.74, 6) is 0. The van der Waals surface area contributed by atoms with Crippen LogP contribution in [0.4, 0.5) is 5.69 Å². The van der Waals surface area contributed by atoms with E-state index in [0.717, 1.165) is 44.8 Å². The Morgan fingerprint density at radius 3 is 2.15 bits per heavy atom. The van der Waals surface area contributed by atoms with Crippen LogP contribution < -0.4 is 0 Å². The summed E-state index contributed by atoms with van der Waals surface area (Å²) in [7, 11) is 0. The highest BCUT2D eigenvalue weighted by molar-refractivity contribution is 8.93. The number of hydrogen-bond donors (Lipinski definition) is 1. The molecule has 0 saturated carbocycles. The van der Waals surface area contributed by atoms with Gasteiger partial charge >= 0.3 is 0 Å². The zero-order chi connectivity index (χ0) is 13.7. The minimum Gasteiger partial charge on any atom is -0.395 e. The van der Waals surface area contributed by atoms with Crippen LogP contribution in [0.3, 0.4) is 0 Å². The van der Waals surface area contributed by atoms with Crippen LogP contribution in [-0.4, -0.2) is 59.2 Å². The third-order valence-electron chi connectivity index (χ3n) is 3.43. The van der Waals surface area contributed by atoms with E-state index < -0.39 is 0 Å². The van der Waals surface area contributed by atoms with Gasteiger partial charge in [-0.2, -0.15) is 0 Å². The molecule has 1 heterocycles. The second kappa shape index (κ2) is 8.31. The van der Waals surface area contributed by atoms with Crippen molar-refractivity contribution in [1.82, 2.24) is 9.80 Å². The van der Waals surface area contributed by atoms with Crippen LogP contribution in [-0.2, 0) is 6.54 Å². The topological polar surface area (TPSA) is 69.9 Å². The van der Waals surface area contributed by atoms with Gasteiger partial charge in [0, 0.05) is 51.4 Å². The van der Waals surface area contributed by atoms with Crippen molar-refractivity contribution in [3.05, 3.63) is 39.9 Å². The highest BCUT2D eigenvalue weighted by atomic mass is 79.9. The Balaban J connectivity index is 0.00000200. The summed E-state index contributed by atoms with van der Waals surface area (Å²) in [6.45, 7) is 5.65. The fourth-order valence-corrected chi connectivity index (χ4v) is 2.29. The van der Waals surface area contributed by atoms with E-state index in [9.17, 15) is 10.1 Å². The monoisotopic (exact) mass is 345 g/mol. The molecule has 0 amide bonds. The van der Waals surface area contributed by atoms with Gasteiger partial charge in [-0.1, -0.05) is 12.1 Å². The fraction of sp³-hybridized carbons (Fsp3) is 0.538. The van der Waals surface area contributed by atoms with E-state index in [2.05, 4.69) is 9.80 Å². The smallest absolute Gasteiger partial charge is 0.269 e. The molecule has 0 spiro atoms. The molecule has 0 atom stereocenters. The third kappa shape index (κ3) is 4.82. The van der Waals surface area contributed by atoms with Crippen molar-refractivity contribution in [3.8, 4) is 0 Å². The Hall–Kier alpha value is -1.02. The van der Waals surface area contributed by atoms with Crippen LogP contribution in [0.5, 0.6) is 0 Å². The minimum atomic E-state index is -0.378. The molecule has 1 aliphatic rings. The minimum absolute atomic E-state index is 0. The Labute approximate surface area is 128 Å². The standard InChI is InChI=1S/C13H19N3O3.BrH/c17-10-9-14-5-7-15(8-6-14)11-12-1-3-13(4-2-12)16(18)19;/h1-4,17H,5-11H2;1H. The molecular weight excluding hydrogens is 326 g/mol. The maximum absolute atomic E-state index is 10.6. The number of hydrogen-bond acceptors (Lipinski definition) is 5. The van der Waals surface area contributed by atoms with E-state index in [0.29, 0.717) is 0 Å². The van der Waals surface area contributed by atoms with Crippen molar-refractivity contribution in [3.63, 3.8) is 0 Å². The molecular formula is C13H20BrN3O3. The van der Waals surface area contributed by atoms with Gasteiger partial charge in [0.2, 0.25) is 0 Å². The molecule has 20 heavy (non-hydrogen) atoms. The molecule has 1 aromatic rings. The summed E-state index contributed by atoms with van der Waals surface area (Å²) in [6, 6.07) is 6.74. The number of benzene rings is 1. The maximum atomic E-state index is 10.6. The zero-order valence-electron chi connectivity index (χ0n) is 11.3. The van der Waals surface area contributed by atoms with Gasteiger partial charge in [-0.25, -0.2) is 0 Å². The highest BCUT2D eigenvalue weighted by Gasteiger charge is 2.16. The summed E-state index contributed by atoms with van der Waals surface area (Å²) >= 11 is 0. The lowest BCUT2D eigenvalue weighted by atomic mass is 10.2. The van der Waals surface area contributed by atoms with Crippen LogP contribution in [0, 0.1) is 10.1 Å². The van der Waals surface area contributed by atoms with Crippen molar-refractivity contribution in [2.75, 3.05) is 39.3 Å². The van der Waals surface area contributed by atoms with Gasteiger partial charge in [-0.3, -0.25) is 19.9 Å². The molecule has 0 bridgehead atoms. The quantitative estimate of drug-likeness (QED) is 0.643. The number of nitro groups is 1. The van der Waals surface area contributed by atoms with Crippen LogP contribution in [0.2, 0.25) is 0 Å². The third-order valence-corrected chi connectivity index (χ3v) is 3.43. The lowest BCUT2D eigenvalue weighted by Crippen LogP contribution is -2.46. The molecule has 1 aromatic carbocycles. The van der Waals surface area contributed by atoms with Crippen molar-refractivity contribution in [2.24, 2.45) is 0 Å². The maximum Gasteiger partial charge on any atom is 0.269 e. The van der Waals surface area contributed by atoms with E-state index in [1.807, 2.05) is 12.1 Å². The number of piperazine rings is 1. The fourth-order valence-electron chi connectivity index (χ4n) is 2.29. The van der Waals surface area contributed by atoms with Crippen LogP contribution >= 0.6 is 17.0 Å². The van der Waals surface area contributed by atoms with Crippen LogP contribution in [0.1, 0.15) is 5.56 Å². The summed E-state index contributed by atoms with van der Waals surface area (Å²) < 4.78 is 0. The summed E-state index contributed by atoms with van der Waals surface area (Å²) in [5, 5.41) is 19.4. The van der Waals surface area contributed by atoms with E-state index in [-0.39, 0.29) is 34.2 Å². The highest BCUT2D eigenvalue weighted by Crippen LogP contribution is 2.14. The first kappa shape index (κ1) is 17.0. The number of aliphatic hydroxyl groups is 1. The van der Waals surface area contributed by atoms with Crippen LogP contribution in [0.25, 0.3) is 0 Å². The van der Waals surface area contributed by atoms with Crippen LogP contribution in [0.15, 0.2) is 24.3 Å². The molecule has 6 nitrogen and oxygen atoms in total. The second-order valence-electron chi connectivity index (χ2n) is 4.76. The van der Waals surface area contributed by atoms with E-state index >= 15 is 0 Å². The molecule has 0 unspecified atom stereocenters. The first-order chi connectivity index (χ1) is 9.19. The Morgan fingerprint density at radius 2 is 1.65 bits per heavy atom. The number of rotatable bonds is 5. The van der Waals surface area contributed by atoms with E-state index in [1.54, 1.807) is 12.1 Å². The Bertz CT molecular complexity index is 419. The SMILES string of the molecule is Br.O=[N+]([O-])c1ccc(CN2CCN(CCO)CC2)cc1. The zero-order valence-corrected chi connectivity index (χ0v) is 13.0. The van der Waals surface area contributed by atoms with Gasteiger partial charge in [-0.05, 0) is 5.56 Å². The summed E-state index contributed by atoms with van der Waals surface area (Å²) in [4.78, 5) is 14.8. The van der Waals surface area contributed by atoms with Gasteiger partial charge in [0.25, 0.3) is 5.69 Å². The predicted octanol–water partition coefficient (Wildman–Crippen LogP) is 1.28. The Morgan fingerprint density at radius 1 is 1.10 bits per heavy atom. The van der Waals surface area contributed by atoms with Crippen molar-refractivity contribution >= 4 is 22.7 Å². The summed E-state index contributed by atoms with van der Waals surface area (Å²) in [5.41, 5.74) is 1.23. The number of nitrogens with zero attached hydrogens (tertiary/aromatic N) is 3. The first-order valence-corrected chi connectivity index (χ1v) is 6.48. The predicted molar refractivity (Wildman–Crippen MR) is 82.2 cm³/mol. The van der Waals surface area contributed by atoms with Gasteiger partial charge in [-0.15, -0.1) is 17.0 Å². The van der Waals surface area contributed by atoms with E-state index in [4.69, 9.17) is 5.11 Å². The molecule has 1 aliphatic heterocycles. The molecule has 2 rings (SSSR count). The van der Waals surface area contributed by atoms with Gasteiger partial charge in [0.15, 0.2) is 0 Å². The lowest BCUT2D eigenvalue weighted by molar-refractivity contribution is -0.384. The summed E-state index contributed by atoms with van der Waals surface area (Å²) in [6.07, 6.45) is 0. The molecule has 112 valence electrons. The second-order valence-corrected chi connectivity index (χ2v) is 4.76. The van der Waals surface area contributed by atoms with Gasteiger partial charge < -0.3 is 5.11 Å². The van der Waals surface area contributed by atoms with Crippen molar-refractivity contribution in [1.29, 1.82) is 0 Å². The molecule has 7 heteroatoms. The molecule has 0 aromatic heterocycles. The number of non-ortho nitro benzene ring substituents is 1. The molecule has 0 aliphatic carbocycles. The average Bonchev–Trinajstić information content (AvgIpc) is 2.42. The number of halogens is 1. The lowest BCUT2D eigenvalue weighted by Gasteiger charge is -2.34. The Kier molecular flexibility index (Phi) is 7.08.